The summed E-state index contributed by atoms with van der Waals surface area (Å²) in [6, 6.07) is 8.72. The van der Waals surface area contributed by atoms with Gasteiger partial charge in [0.05, 0.1) is 10.0 Å². The number of amides is 1. The van der Waals surface area contributed by atoms with E-state index in [4.69, 9.17) is 23.2 Å². The molecule has 22 heavy (non-hydrogen) atoms. The summed E-state index contributed by atoms with van der Waals surface area (Å²) in [5.41, 5.74) is 1.91. The summed E-state index contributed by atoms with van der Waals surface area (Å²) in [6.07, 6.45) is 1.59. The summed E-state index contributed by atoms with van der Waals surface area (Å²) < 4.78 is 0. The lowest BCUT2D eigenvalue weighted by atomic mass is 10.2. The zero-order valence-electron chi connectivity index (χ0n) is 12.4. The number of hydrogen-bond donors (Lipinski definition) is 2. The summed E-state index contributed by atoms with van der Waals surface area (Å²) >= 11 is 11.9. The number of nitrogens with one attached hydrogen (secondary N) is 2. The molecule has 0 saturated carbocycles. The summed E-state index contributed by atoms with van der Waals surface area (Å²) in [6.45, 7) is 4.69. The zero-order valence-corrected chi connectivity index (χ0v) is 13.9. The molecule has 2 aromatic rings. The van der Waals surface area contributed by atoms with E-state index in [1.807, 2.05) is 19.9 Å². The Balaban J connectivity index is 2.10. The molecule has 0 unspecified atom stereocenters. The number of pyridine rings is 1. The molecule has 0 aliphatic heterocycles. The van der Waals surface area contributed by atoms with Gasteiger partial charge in [0.1, 0.15) is 5.69 Å². The average Bonchev–Trinajstić information content (AvgIpc) is 2.49. The van der Waals surface area contributed by atoms with E-state index in [2.05, 4.69) is 15.6 Å². The van der Waals surface area contributed by atoms with Crippen molar-refractivity contribution in [1.29, 1.82) is 0 Å². The lowest BCUT2D eigenvalue weighted by Crippen LogP contribution is -2.28. The SMILES string of the molecule is CC(C)CNC(=O)c1cc(Nc2ccc(Cl)c(Cl)c2)ccn1. The van der Waals surface area contributed by atoms with Crippen LogP contribution in [0.5, 0.6) is 0 Å². The second kappa shape index (κ2) is 7.47. The van der Waals surface area contributed by atoms with E-state index in [1.165, 1.54) is 0 Å². The third-order valence-corrected chi connectivity index (χ3v) is 3.61. The molecular formula is C16H17Cl2N3O. The molecule has 1 amide bonds. The lowest BCUT2D eigenvalue weighted by molar-refractivity contribution is 0.0944. The highest BCUT2D eigenvalue weighted by Crippen LogP contribution is 2.26. The van der Waals surface area contributed by atoms with Crippen molar-refractivity contribution in [3.8, 4) is 0 Å². The Labute approximate surface area is 139 Å². The molecule has 4 nitrogen and oxygen atoms in total. The second-order valence-electron chi connectivity index (χ2n) is 5.29. The van der Waals surface area contributed by atoms with Gasteiger partial charge in [0.15, 0.2) is 0 Å². The molecule has 1 aromatic heterocycles. The van der Waals surface area contributed by atoms with Gasteiger partial charge in [-0.2, -0.15) is 0 Å². The highest BCUT2D eigenvalue weighted by molar-refractivity contribution is 6.42. The number of carbonyl (C=O) groups excluding carboxylic acids is 1. The van der Waals surface area contributed by atoms with Crippen LogP contribution in [0.4, 0.5) is 11.4 Å². The van der Waals surface area contributed by atoms with Crippen molar-refractivity contribution in [3.63, 3.8) is 0 Å². The van der Waals surface area contributed by atoms with Crippen molar-refractivity contribution in [2.45, 2.75) is 13.8 Å². The molecular weight excluding hydrogens is 321 g/mol. The van der Waals surface area contributed by atoms with E-state index in [-0.39, 0.29) is 5.91 Å². The van der Waals surface area contributed by atoms with Gasteiger partial charge in [0.25, 0.3) is 5.91 Å². The van der Waals surface area contributed by atoms with Crippen molar-refractivity contribution >= 4 is 40.5 Å². The predicted octanol–water partition coefficient (Wildman–Crippen LogP) is 4.52. The minimum Gasteiger partial charge on any atom is -0.355 e. The van der Waals surface area contributed by atoms with Crippen LogP contribution in [-0.2, 0) is 0 Å². The zero-order chi connectivity index (χ0) is 16.1. The Hall–Kier alpha value is -1.78. The number of carbonyl (C=O) groups is 1. The molecule has 116 valence electrons. The van der Waals surface area contributed by atoms with E-state index in [0.29, 0.717) is 28.2 Å². The van der Waals surface area contributed by atoms with Crippen molar-refractivity contribution < 1.29 is 4.79 Å². The second-order valence-corrected chi connectivity index (χ2v) is 6.10. The predicted molar refractivity (Wildman–Crippen MR) is 91.2 cm³/mol. The monoisotopic (exact) mass is 337 g/mol. The molecule has 0 radical (unpaired) electrons. The van der Waals surface area contributed by atoms with Crippen molar-refractivity contribution in [2.24, 2.45) is 5.92 Å². The molecule has 0 bridgehead atoms. The van der Waals surface area contributed by atoms with Gasteiger partial charge >= 0.3 is 0 Å². The normalized spacial score (nSPS) is 10.6. The van der Waals surface area contributed by atoms with Crippen LogP contribution in [0.25, 0.3) is 0 Å². The maximum atomic E-state index is 12.0. The van der Waals surface area contributed by atoms with Crippen molar-refractivity contribution in [2.75, 3.05) is 11.9 Å². The first-order chi connectivity index (χ1) is 10.5. The molecule has 0 atom stereocenters. The minimum absolute atomic E-state index is 0.188. The molecule has 2 rings (SSSR count). The number of anilines is 2. The number of rotatable bonds is 5. The third kappa shape index (κ3) is 4.61. The Morgan fingerprint density at radius 3 is 2.55 bits per heavy atom. The number of aromatic nitrogens is 1. The van der Waals surface area contributed by atoms with Gasteiger partial charge in [-0.3, -0.25) is 9.78 Å². The van der Waals surface area contributed by atoms with Crippen LogP contribution in [0, 0.1) is 5.92 Å². The standard InChI is InChI=1S/C16H17Cl2N3O/c1-10(2)9-20-16(22)15-8-12(5-6-19-15)21-11-3-4-13(17)14(18)7-11/h3-8,10H,9H2,1-2H3,(H,19,21)(H,20,22). The van der Waals surface area contributed by atoms with Gasteiger partial charge in [-0.25, -0.2) is 0 Å². The maximum absolute atomic E-state index is 12.0. The fourth-order valence-corrected chi connectivity index (χ4v) is 2.06. The first-order valence-corrected chi connectivity index (χ1v) is 7.67. The quantitative estimate of drug-likeness (QED) is 0.843. The maximum Gasteiger partial charge on any atom is 0.269 e. The number of nitrogens with zero attached hydrogens (tertiary/aromatic N) is 1. The number of hydrogen-bond acceptors (Lipinski definition) is 3. The van der Waals surface area contributed by atoms with Crippen molar-refractivity contribution in [3.05, 3.63) is 52.3 Å². The minimum atomic E-state index is -0.188. The molecule has 6 heteroatoms. The van der Waals surface area contributed by atoms with E-state index < -0.39 is 0 Å². The van der Waals surface area contributed by atoms with Crippen LogP contribution in [0.15, 0.2) is 36.5 Å². The fraction of sp³-hybridized carbons (Fsp3) is 0.250. The van der Waals surface area contributed by atoms with Crippen LogP contribution >= 0.6 is 23.2 Å². The fourth-order valence-electron chi connectivity index (χ4n) is 1.76. The summed E-state index contributed by atoms with van der Waals surface area (Å²) in [7, 11) is 0. The molecule has 0 spiro atoms. The van der Waals surface area contributed by atoms with E-state index in [9.17, 15) is 4.79 Å². The van der Waals surface area contributed by atoms with Gasteiger partial charge in [-0.1, -0.05) is 37.0 Å². The molecule has 1 aromatic carbocycles. The number of halogens is 2. The molecule has 0 fully saturated rings. The summed E-state index contributed by atoms with van der Waals surface area (Å²) in [5.74, 6) is 0.202. The lowest BCUT2D eigenvalue weighted by Gasteiger charge is -2.10. The topological polar surface area (TPSA) is 54.0 Å². The van der Waals surface area contributed by atoms with Crippen LogP contribution in [0.1, 0.15) is 24.3 Å². The van der Waals surface area contributed by atoms with Crippen LogP contribution < -0.4 is 10.6 Å². The van der Waals surface area contributed by atoms with Crippen LogP contribution in [-0.4, -0.2) is 17.4 Å². The van der Waals surface area contributed by atoms with Crippen LogP contribution in [0.2, 0.25) is 10.0 Å². The van der Waals surface area contributed by atoms with E-state index in [0.717, 1.165) is 11.4 Å². The molecule has 0 aliphatic rings. The van der Waals surface area contributed by atoms with Gasteiger partial charge in [0.2, 0.25) is 0 Å². The molecule has 1 heterocycles. The summed E-state index contributed by atoms with van der Waals surface area (Å²) in [5, 5.41) is 6.97. The van der Waals surface area contributed by atoms with Gasteiger partial charge in [0, 0.05) is 24.1 Å². The Morgan fingerprint density at radius 1 is 1.14 bits per heavy atom. The van der Waals surface area contributed by atoms with Crippen molar-refractivity contribution in [1.82, 2.24) is 10.3 Å². The smallest absolute Gasteiger partial charge is 0.269 e. The first kappa shape index (κ1) is 16.6. The van der Waals surface area contributed by atoms with E-state index in [1.54, 1.807) is 30.5 Å². The Bertz CT molecular complexity index is 674. The largest absolute Gasteiger partial charge is 0.355 e. The third-order valence-electron chi connectivity index (χ3n) is 2.87. The summed E-state index contributed by atoms with van der Waals surface area (Å²) in [4.78, 5) is 16.1. The number of benzene rings is 1. The average molecular weight is 338 g/mol. The van der Waals surface area contributed by atoms with Gasteiger partial charge in [-0.15, -0.1) is 0 Å². The molecule has 2 N–H and O–H groups in total. The highest BCUT2D eigenvalue weighted by Gasteiger charge is 2.08. The highest BCUT2D eigenvalue weighted by atomic mass is 35.5. The van der Waals surface area contributed by atoms with E-state index >= 15 is 0 Å². The van der Waals surface area contributed by atoms with Gasteiger partial charge < -0.3 is 10.6 Å². The Morgan fingerprint density at radius 2 is 1.86 bits per heavy atom. The van der Waals surface area contributed by atoms with Gasteiger partial charge in [-0.05, 0) is 36.2 Å². The first-order valence-electron chi connectivity index (χ1n) is 6.92. The molecule has 0 aliphatic carbocycles. The molecule has 0 saturated heterocycles. The van der Waals surface area contributed by atoms with Crippen LogP contribution in [0.3, 0.4) is 0 Å². The Kier molecular flexibility index (Phi) is 5.63.